The zero-order valence-electron chi connectivity index (χ0n) is 11.0. The van der Waals surface area contributed by atoms with E-state index in [2.05, 4.69) is 11.2 Å². The quantitative estimate of drug-likeness (QED) is 0.825. The fraction of sp³-hybridized carbons (Fsp3) is 0.286. The second-order valence-corrected chi connectivity index (χ2v) is 3.97. The summed E-state index contributed by atoms with van der Waals surface area (Å²) < 4.78 is 12.3. The standard InChI is InChI=1S/C14H15N3O2/c1-18-12-4-5-14(19-2)13(8-12)11-9-16-17(10-11)7-3-6-15/h4-5,8-10H,3,7H2,1-2H3. The van der Waals surface area contributed by atoms with Crippen LogP contribution in [0.3, 0.4) is 0 Å². The fourth-order valence-electron chi connectivity index (χ4n) is 1.83. The topological polar surface area (TPSA) is 60.1 Å². The molecule has 0 N–H and O–H groups in total. The number of aromatic nitrogens is 2. The smallest absolute Gasteiger partial charge is 0.127 e. The third-order valence-corrected chi connectivity index (χ3v) is 2.80. The zero-order valence-corrected chi connectivity index (χ0v) is 11.0. The number of benzene rings is 1. The number of nitriles is 1. The van der Waals surface area contributed by atoms with Crippen LogP contribution in [0, 0.1) is 11.3 Å². The summed E-state index contributed by atoms with van der Waals surface area (Å²) in [6.45, 7) is 0.586. The summed E-state index contributed by atoms with van der Waals surface area (Å²) in [5, 5.41) is 12.8. The summed E-state index contributed by atoms with van der Waals surface area (Å²) in [5.41, 5.74) is 1.86. The number of methoxy groups -OCH3 is 2. The van der Waals surface area contributed by atoms with Gasteiger partial charge in [0.05, 0.1) is 39.5 Å². The van der Waals surface area contributed by atoms with Crippen LogP contribution in [0.5, 0.6) is 11.5 Å². The summed E-state index contributed by atoms with van der Waals surface area (Å²) in [7, 11) is 3.26. The summed E-state index contributed by atoms with van der Waals surface area (Å²) >= 11 is 0. The molecule has 0 aliphatic heterocycles. The van der Waals surface area contributed by atoms with Gasteiger partial charge in [0, 0.05) is 17.3 Å². The van der Waals surface area contributed by atoms with Crippen molar-refractivity contribution in [2.45, 2.75) is 13.0 Å². The zero-order chi connectivity index (χ0) is 13.7. The first-order valence-electron chi connectivity index (χ1n) is 5.90. The van der Waals surface area contributed by atoms with E-state index in [-0.39, 0.29) is 0 Å². The lowest BCUT2D eigenvalue weighted by Gasteiger charge is -2.08. The van der Waals surface area contributed by atoms with Crippen molar-refractivity contribution in [2.75, 3.05) is 14.2 Å². The monoisotopic (exact) mass is 257 g/mol. The van der Waals surface area contributed by atoms with E-state index in [1.54, 1.807) is 25.1 Å². The van der Waals surface area contributed by atoms with Gasteiger partial charge < -0.3 is 9.47 Å². The van der Waals surface area contributed by atoms with E-state index in [0.717, 1.165) is 22.6 Å². The predicted octanol–water partition coefficient (Wildman–Crippen LogP) is 2.48. The summed E-state index contributed by atoms with van der Waals surface area (Å²) in [5.74, 6) is 1.53. The van der Waals surface area contributed by atoms with E-state index in [1.807, 2.05) is 24.4 Å². The van der Waals surface area contributed by atoms with Crippen LogP contribution >= 0.6 is 0 Å². The van der Waals surface area contributed by atoms with Crippen LogP contribution in [0.25, 0.3) is 11.1 Å². The number of hydrogen-bond donors (Lipinski definition) is 0. The minimum Gasteiger partial charge on any atom is -0.497 e. The minimum absolute atomic E-state index is 0.441. The van der Waals surface area contributed by atoms with Gasteiger partial charge in [-0.15, -0.1) is 0 Å². The number of aryl methyl sites for hydroxylation is 1. The van der Waals surface area contributed by atoms with Crippen LogP contribution in [0.4, 0.5) is 0 Å². The van der Waals surface area contributed by atoms with Crippen LogP contribution in [0.15, 0.2) is 30.6 Å². The molecule has 1 heterocycles. The molecule has 2 aromatic rings. The molecule has 98 valence electrons. The number of nitrogens with zero attached hydrogens (tertiary/aromatic N) is 3. The van der Waals surface area contributed by atoms with Crippen molar-refractivity contribution in [3.05, 3.63) is 30.6 Å². The lowest BCUT2D eigenvalue weighted by atomic mass is 10.1. The van der Waals surface area contributed by atoms with Crippen molar-refractivity contribution in [3.8, 4) is 28.7 Å². The maximum Gasteiger partial charge on any atom is 0.127 e. The van der Waals surface area contributed by atoms with Gasteiger partial charge in [-0.2, -0.15) is 10.4 Å². The molecule has 19 heavy (non-hydrogen) atoms. The van der Waals surface area contributed by atoms with E-state index in [4.69, 9.17) is 14.7 Å². The van der Waals surface area contributed by atoms with Crippen LogP contribution in [0.2, 0.25) is 0 Å². The number of hydrogen-bond acceptors (Lipinski definition) is 4. The highest BCUT2D eigenvalue weighted by atomic mass is 16.5. The first-order chi connectivity index (χ1) is 9.28. The van der Waals surface area contributed by atoms with Gasteiger partial charge in [0.15, 0.2) is 0 Å². The van der Waals surface area contributed by atoms with Crippen molar-refractivity contribution in [2.24, 2.45) is 0 Å². The Morgan fingerprint density at radius 1 is 1.32 bits per heavy atom. The normalized spacial score (nSPS) is 9.95. The lowest BCUT2D eigenvalue weighted by molar-refractivity contribution is 0.404. The van der Waals surface area contributed by atoms with Crippen LogP contribution in [-0.2, 0) is 6.54 Å². The molecule has 0 radical (unpaired) electrons. The first kappa shape index (κ1) is 13.0. The molecule has 0 saturated heterocycles. The Morgan fingerprint density at radius 3 is 2.84 bits per heavy atom. The molecule has 5 heteroatoms. The van der Waals surface area contributed by atoms with E-state index < -0.39 is 0 Å². The number of ether oxygens (including phenoxy) is 2. The second kappa shape index (κ2) is 5.91. The Bertz CT molecular complexity index is 599. The largest absolute Gasteiger partial charge is 0.497 e. The van der Waals surface area contributed by atoms with Gasteiger partial charge in [0.25, 0.3) is 0 Å². The molecule has 5 nitrogen and oxygen atoms in total. The van der Waals surface area contributed by atoms with Gasteiger partial charge in [-0.3, -0.25) is 4.68 Å². The average Bonchev–Trinajstić information content (AvgIpc) is 2.93. The highest BCUT2D eigenvalue weighted by Gasteiger charge is 2.09. The fourth-order valence-corrected chi connectivity index (χ4v) is 1.83. The van der Waals surface area contributed by atoms with Gasteiger partial charge in [-0.1, -0.05) is 0 Å². The Labute approximate surface area is 112 Å². The Balaban J connectivity index is 2.34. The Hall–Kier alpha value is -2.48. The van der Waals surface area contributed by atoms with Crippen molar-refractivity contribution >= 4 is 0 Å². The Morgan fingerprint density at radius 2 is 2.16 bits per heavy atom. The molecular weight excluding hydrogens is 242 g/mol. The highest BCUT2D eigenvalue weighted by molar-refractivity contribution is 5.71. The maximum absolute atomic E-state index is 8.57. The minimum atomic E-state index is 0.441. The third-order valence-electron chi connectivity index (χ3n) is 2.80. The molecule has 0 saturated carbocycles. The van der Waals surface area contributed by atoms with Gasteiger partial charge in [0.2, 0.25) is 0 Å². The van der Waals surface area contributed by atoms with Gasteiger partial charge in [0.1, 0.15) is 11.5 Å². The molecule has 0 spiro atoms. The maximum atomic E-state index is 8.57. The van der Waals surface area contributed by atoms with Crippen LogP contribution in [-0.4, -0.2) is 24.0 Å². The SMILES string of the molecule is COc1ccc(OC)c(-c2cnn(CCC#N)c2)c1. The molecule has 0 atom stereocenters. The first-order valence-corrected chi connectivity index (χ1v) is 5.90. The van der Waals surface area contributed by atoms with E-state index in [9.17, 15) is 0 Å². The third kappa shape index (κ3) is 2.86. The number of rotatable bonds is 5. The van der Waals surface area contributed by atoms with Crippen LogP contribution in [0.1, 0.15) is 6.42 Å². The van der Waals surface area contributed by atoms with Crippen LogP contribution < -0.4 is 9.47 Å². The van der Waals surface area contributed by atoms with E-state index >= 15 is 0 Å². The van der Waals surface area contributed by atoms with Crippen molar-refractivity contribution < 1.29 is 9.47 Å². The second-order valence-electron chi connectivity index (χ2n) is 3.97. The molecular formula is C14H15N3O2. The lowest BCUT2D eigenvalue weighted by Crippen LogP contribution is -1.96. The molecule has 2 rings (SSSR count). The molecule has 0 fully saturated rings. The molecule has 0 amide bonds. The molecule has 0 unspecified atom stereocenters. The van der Waals surface area contributed by atoms with Crippen molar-refractivity contribution in [1.29, 1.82) is 5.26 Å². The average molecular weight is 257 g/mol. The van der Waals surface area contributed by atoms with Gasteiger partial charge >= 0.3 is 0 Å². The summed E-state index contributed by atoms with van der Waals surface area (Å²) in [6.07, 6.45) is 4.10. The van der Waals surface area contributed by atoms with E-state index in [1.165, 1.54) is 0 Å². The molecule has 0 bridgehead atoms. The molecule has 0 aliphatic rings. The molecule has 1 aromatic heterocycles. The van der Waals surface area contributed by atoms with Gasteiger partial charge in [-0.05, 0) is 18.2 Å². The van der Waals surface area contributed by atoms with Crippen molar-refractivity contribution in [3.63, 3.8) is 0 Å². The highest BCUT2D eigenvalue weighted by Crippen LogP contribution is 2.33. The van der Waals surface area contributed by atoms with Gasteiger partial charge in [-0.25, -0.2) is 0 Å². The Kier molecular flexibility index (Phi) is 4.04. The molecule has 1 aromatic carbocycles. The van der Waals surface area contributed by atoms with E-state index in [0.29, 0.717) is 13.0 Å². The van der Waals surface area contributed by atoms with Crippen molar-refractivity contribution in [1.82, 2.24) is 9.78 Å². The predicted molar refractivity (Wildman–Crippen MR) is 71.0 cm³/mol. The summed E-state index contributed by atoms with van der Waals surface area (Å²) in [6, 6.07) is 7.72. The molecule has 0 aliphatic carbocycles. The summed E-state index contributed by atoms with van der Waals surface area (Å²) in [4.78, 5) is 0.